The molecule has 1 N–H and O–H groups in total. The van der Waals surface area contributed by atoms with Crippen LogP contribution in [-0.2, 0) is 6.54 Å². The molecule has 20 heavy (non-hydrogen) atoms. The summed E-state index contributed by atoms with van der Waals surface area (Å²) in [5, 5.41) is 9.39. The third-order valence-electron chi connectivity index (χ3n) is 3.40. The Bertz CT molecular complexity index is 676. The lowest BCUT2D eigenvalue weighted by molar-refractivity contribution is 0.0796. The quantitative estimate of drug-likeness (QED) is 0.926. The summed E-state index contributed by atoms with van der Waals surface area (Å²) in [4.78, 5) is 14.0. The molecule has 0 aliphatic carbocycles. The largest absolute Gasteiger partial charge is 0.508 e. The lowest BCUT2D eigenvalue weighted by atomic mass is 10.1. The lowest BCUT2D eigenvalue weighted by Gasteiger charge is -2.12. The molecule has 3 rings (SSSR count). The van der Waals surface area contributed by atoms with Gasteiger partial charge in [-0.15, -0.1) is 0 Å². The number of hydrogen-bond donors (Lipinski definition) is 1. The zero-order chi connectivity index (χ0) is 13.9. The summed E-state index contributed by atoms with van der Waals surface area (Å²) in [6.07, 6.45) is 3.86. The third kappa shape index (κ3) is 2.43. The maximum absolute atomic E-state index is 12.1. The van der Waals surface area contributed by atoms with Crippen LogP contribution >= 0.6 is 0 Å². The van der Waals surface area contributed by atoms with Crippen molar-refractivity contribution in [1.82, 2.24) is 4.90 Å². The van der Waals surface area contributed by atoms with E-state index >= 15 is 0 Å². The number of nitrogens with zero attached hydrogens (tertiary/aromatic N) is 1. The van der Waals surface area contributed by atoms with Gasteiger partial charge in [-0.1, -0.05) is 42.5 Å². The molecule has 0 saturated heterocycles. The van der Waals surface area contributed by atoms with Crippen molar-refractivity contribution < 1.29 is 9.90 Å². The van der Waals surface area contributed by atoms with Gasteiger partial charge in [0.05, 0.1) is 0 Å². The van der Waals surface area contributed by atoms with E-state index < -0.39 is 0 Å². The molecule has 0 radical (unpaired) electrons. The van der Waals surface area contributed by atoms with Gasteiger partial charge in [0, 0.05) is 18.7 Å². The minimum absolute atomic E-state index is 0.0844. The number of aromatic hydroxyl groups is 1. The summed E-state index contributed by atoms with van der Waals surface area (Å²) < 4.78 is 0. The number of carbonyl (C=O) groups excluding carboxylic acids is 1. The molecule has 0 aromatic heterocycles. The minimum Gasteiger partial charge on any atom is -0.508 e. The molecule has 0 bridgehead atoms. The van der Waals surface area contributed by atoms with Crippen LogP contribution in [0.4, 0.5) is 0 Å². The van der Waals surface area contributed by atoms with E-state index in [0.717, 1.165) is 16.7 Å². The van der Waals surface area contributed by atoms with Crippen LogP contribution in [-0.4, -0.2) is 22.5 Å². The first-order valence-electron chi connectivity index (χ1n) is 6.57. The molecule has 1 heterocycles. The maximum Gasteiger partial charge on any atom is 0.254 e. The Morgan fingerprint density at radius 2 is 2.00 bits per heavy atom. The van der Waals surface area contributed by atoms with Gasteiger partial charge in [0.25, 0.3) is 5.91 Å². The van der Waals surface area contributed by atoms with E-state index in [9.17, 15) is 9.90 Å². The molecule has 3 nitrogen and oxygen atoms in total. The molecular formula is C17H15NO2. The summed E-state index contributed by atoms with van der Waals surface area (Å²) in [5.41, 5.74) is 2.82. The monoisotopic (exact) mass is 265 g/mol. The average Bonchev–Trinajstić information content (AvgIpc) is 2.76. The van der Waals surface area contributed by atoms with Gasteiger partial charge in [-0.05, 0) is 29.3 Å². The van der Waals surface area contributed by atoms with Crippen LogP contribution in [0.5, 0.6) is 5.75 Å². The number of hydrogen-bond acceptors (Lipinski definition) is 2. The maximum atomic E-state index is 12.1. The highest BCUT2D eigenvalue weighted by Gasteiger charge is 2.25. The predicted molar refractivity (Wildman–Crippen MR) is 78.3 cm³/mol. The van der Waals surface area contributed by atoms with Gasteiger partial charge in [0.15, 0.2) is 0 Å². The van der Waals surface area contributed by atoms with Gasteiger partial charge in [0.2, 0.25) is 0 Å². The topological polar surface area (TPSA) is 40.5 Å². The molecule has 0 unspecified atom stereocenters. The van der Waals surface area contributed by atoms with E-state index in [0.29, 0.717) is 13.1 Å². The third-order valence-corrected chi connectivity index (χ3v) is 3.40. The van der Waals surface area contributed by atoms with Gasteiger partial charge < -0.3 is 10.0 Å². The molecule has 2 aromatic rings. The minimum atomic E-state index is 0.0844. The van der Waals surface area contributed by atoms with Crippen molar-refractivity contribution in [2.75, 3.05) is 6.54 Å². The first kappa shape index (κ1) is 12.5. The van der Waals surface area contributed by atoms with Crippen molar-refractivity contribution >= 4 is 12.0 Å². The Labute approximate surface area is 117 Å². The Morgan fingerprint density at radius 3 is 2.80 bits per heavy atom. The van der Waals surface area contributed by atoms with Crippen molar-refractivity contribution in [3.8, 4) is 5.75 Å². The fourth-order valence-corrected chi connectivity index (χ4v) is 2.41. The number of phenolic OH excluding ortho intramolecular Hbond substituents is 1. The number of phenols is 1. The normalized spacial score (nSPS) is 14.0. The van der Waals surface area contributed by atoms with Gasteiger partial charge in [-0.3, -0.25) is 4.79 Å². The van der Waals surface area contributed by atoms with Crippen molar-refractivity contribution in [3.63, 3.8) is 0 Å². The second kappa shape index (κ2) is 5.21. The first-order chi connectivity index (χ1) is 9.74. The molecule has 1 amide bonds. The highest BCUT2D eigenvalue weighted by atomic mass is 16.3. The Morgan fingerprint density at radius 1 is 1.15 bits per heavy atom. The molecule has 0 saturated carbocycles. The zero-order valence-corrected chi connectivity index (χ0v) is 11.0. The molecular weight excluding hydrogens is 250 g/mol. The van der Waals surface area contributed by atoms with Gasteiger partial charge in [0.1, 0.15) is 5.75 Å². The van der Waals surface area contributed by atoms with Crippen LogP contribution in [0.15, 0.2) is 54.6 Å². The van der Waals surface area contributed by atoms with E-state index in [1.54, 1.807) is 18.2 Å². The molecule has 100 valence electrons. The smallest absolute Gasteiger partial charge is 0.254 e. The Kier molecular flexibility index (Phi) is 3.25. The van der Waals surface area contributed by atoms with Gasteiger partial charge >= 0.3 is 0 Å². The van der Waals surface area contributed by atoms with Crippen LogP contribution in [0, 0.1) is 0 Å². The van der Waals surface area contributed by atoms with Crippen LogP contribution in [0.25, 0.3) is 6.08 Å². The summed E-state index contributed by atoms with van der Waals surface area (Å²) in [6, 6.07) is 14.8. The molecule has 1 aliphatic heterocycles. The van der Waals surface area contributed by atoms with Crippen molar-refractivity contribution in [1.29, 1.82) is 0 Å². The van der Waals surface area contributed by atoms with E-state index in [1.807, 2.05) is 47.4 Å². The molecule has 3 heteroatoms. The number of fused-ring (bicyclic) bond motifs is 1. The molecule has 0 fully saturated rings. The second-order valence-corrected chi connectivity index (χ2v) is 4.84. The Hall–Kier alpha value is -2.55. The molecule has 1 aliphatic rings. The molecule has 0 atom stereocenters. The van der Waals surface area contributed by atoms with Crippen molar-refractivity contribution in [2.24, 2.45) is 0 Å². The Balaban J connectivity index is 1.67. The van der Waals surface area contributed by atoms with Crippen molar-refractivity contribution in [2.45, 2.75) is 6.54 Å². The first-order valence-corrected chi connectivity index (χ1v) is 6.57. The van der Waals surface area contributed by atoms with E-state index in [-0.39, 0.29) is 11.7 Å². The van der Waals surface area contributed by atoms with E-state index in [4.69, 9.17) is 0 Å². The standard InChI is InChI=1S/C17H15NO2/c19-15-8-3-5-13(11-15)6-4-10-18-12-14-7-1-2-9-16(14)17(18)20/h1-9,11,19H,10,12H2/b6-4+. The summed E-state index contributed by atoms with van der Waals surface area (Å²) in [7, 11) is 0. The van der Waals surface area contributed by atoms with Gasteiger partial charge in [-0.2, -0.15) is 0 Å². The second-order valence-electron chi connectivity index (χ2n) is 4.84. The van der Waals surface area contributed by atoms with E-state index in [1.165, 1.54) is 0 Å². The van der Waals surface area contributed by atoms with Crippen LogP contribution in [0.1, 0.15) is 21.5 Å². The molecule has 0 spiro atoms. The predicted octanol–water partition coefficient (Wildman–Crippen LogP) is 3.06. The number of benzene rings is 2. The van der Waals surface area contributed by atoms with E-state index in [2.05, 4.69) is 0 Å². The fourth-order valence-electron chi connectivity index (χ4n) is 2.41. The van der Waals surface area contributed by atoms with Crippen LogP contribution in [0.2, 0.25) is 0 Å². The lowest BCUT2D eigenvalue weighted by Crippen LogP contribution is -2.23. The molecule has 2 aromatic carbocycles. The van der Waals surface area contributed by atoms with Crippen molar-refractivity contribution in [3.05, 3.63) is 71.3 Å². The average molecular weight is 265 g/mol. The summed E-state index contributed by atoms with van der Waals surface area (Å²) in [6.45, 7) is 1.24. The summed E-state index contributed by atoms with van der Waals surface area (Å²) >= 11 is 0. The van der Waals surface area contributed by atoms with Crippen LogP contribution < -0.4 is 0 Å². The number of amides is 1. The fraction of sp³-hybridized carbons (Fsp3) is 0.118. The SMILES string of the molecule is O=C1c2ccccc2CN1C/C=C/c1cccc(O)c1. The van der Waals surface area contributed by atoms with Gasteiger partial charge in [-0.25, -0.2) is 0 Å². The highest BCUT2D eigenvalue weighted by molar-refractivity contribution is 5.98. The number of rotatable bonds is 3. The summed E-state index contributed by atoms with van der Waals surface area (Å²) in [5.74, 6) is 0.331. The highest BCUT2D eigenvalue weighted by Crippen LogP contribution is 2.22. The number of carbonyl (C=O) groups is 1. The van der Waals surface area contributed by atoms with Crippen LogP contribution in [0.3, 0.4) is 0 Å². The zero-order valence-electron chi connectivity index (χ0n) is 11.0.